The number of carbonyl (C=O) groups excluding carboxylic acids is 2. The lowest BCUT2D eigenvalue weighted by Gasteiger charge is -2.28. The fourth-order valence-electron chi connectivity index (χ4n) is 2.69. The van der Waals surface area contributed by atoms with Crippen molar-refractivity contribution in [2.75, 3.05) is 0 Å². The number of nitrogens with one attached hydrogen (secondary N) is 1. The first kappa shape index (κ1) is 18.6. The molecule has 1 aliphatic heterocycles. The lowest BCUT2D eigenvalue weighted by molar-refractivity contribution is -0.115. The molecule has 0 unspecified atom stereocenters. The maximum Gasteiger partial charge on any atom is 0.290 e. The average molecular weight is 347 g/mol. The quantitative estimate of drug-likeness (QED) is 0.723. The van der Waals surface area contributed by atoms with Crippen LogP contribution in [0.5, 0.6) is 5.75 Å². The van der Waals surface area contributed by atoms with E-state index in [1.165, 1.54) is 0 Å². The van der Waals surface area contributed by atoms with Gasteiger partial charge in [0.05, 0.1) is 4.91 Å². The lowest BCUT2D eigenvalue weighted by Crippen LogP contribution is -2.19. The van der Waals surface area contributed by atoms with E-state index in [0.717, 1.165) is 34.0 Å². The molecular weight excluding hydrogens is 322 g/mol. The summed E-state index contributed by atoms with van der Waals surface area (Å²) in [7, 11) is 0. The molecule has 130 valence electrons. The second-order valence-corrected chi connectivity index (χ2v) is 9.20. The van der Waals surface area contributed by atoms with E-state index in [2.05, 4.69) is 5.32 Å². The van der Waals surface area contributed by atoms with Crippen molar-refractivity contribution in [3.8, 4) is 5.75 Å². The van der Waals surface area contributed by atoms with E-state index in [1.54, 1.807) is 0 Å². The molecule has 1 heterocycles. The summed E-state index contributed by atoms with van der Waals surface area (Å²) in [5, 5.41) is 12.7. The topological polar surface area (TPSA) is 66.4 Å². The highest BCUT2D eigenvalue weighted by Gasteiger charge is 2.30. The predicted molar refractivity (Wildman–Crippen MR) is 99.2 cm³/mol. The molecule has 2 amide bonds. The number of imide groups is 1. The maximum atomic E-state index is 12.0. The standard InChI is InChI=1S/C19H25NO3S/c1-10(15-16(22)20-17(23)24-15)11-8-12(18(2,3)4)14(21)13(9-11)19(5,6)7/h8-9,21H,1-7H3,(H,20,22,23)/b15-10-. The van der Waals surface area contributed by atoms with Crippen LogP contribution in [-0.4, -0.2) is 16.3 Å². The van der Waals surface area contributed by atoms with Crippen LogP contribution in [-0.2, 0) is 15.6 Å². The number of aromatic hydroxyl groups is 1. The summed E-state index contributed by atoms with van der Waals surface area (Å²) in [5.74, 6) is -0.0543. The van der Waals surface area contributed by atoms with Crippen LogP contribution in [0.4, 0.5) is 4.79 Å². The highest BCUT2D eigenvalue weighted by atomic mass is 32.2. The minimum absolute atomic E-state index is 0.244. The van der Waals surface area contributed by atoms with Crippen LogP contribution in [0.1, 0.15) is 65.2 Å². The van der Waals surface area contributed by atoms with Crippen LogP contribution in [0.25, 0.3) is 5.57 Å². The molecule has 5 heteroatoms. The summed E-state index contributed by atoms with van der Waals surface area (Å²) < 4.78 is 0. The van der Waals surface area contributed by atoms with Crippen LogP contribution in [0.3, 0.4) is 0 Å². The van der Waals surface area contributed by atoms with E-state index >= 15 is 0 Å². The largest absolute Gasteiger partial charge is 0.507 e. The van der Waals surface area contributed by atoms with Gasteiger partial charge in [0.1, 0.15) is 5.75 Å². The summed E-state index contributed by atoms with van der Waals surface area (Å²) in [6.45, 7) is 14.1. The summed E-state index contributed by atoms with van der Waals surface area (Å²) in [4.78, 5) is 23.9. The number of rotatable bonds is 1. The molecule has 0 aromatic heterocycles. The summed E-state index contributed by atoms with van der Waals surface area (Å²) in [6, 6.07) is 3.84. The van der Waals surface area contributed by atoms with Crippen molar-refractivity contribution in [2.24, 2.45) is 0 Å². The second-order valence-electron chi connectivity index (χ2n) is 8.22. The molecular formula is C19H25NO3S. The summed E-state index contributed by atoms with van der Waals surface area (Å²) in [5.41, 5.74) is 2.78. The molecule has 0 radical (unpaired) electrons. The van der Waals surface area contributed by atoms with Gasteiger partial charge in [-0.2, -0.15) is 0 Å². The molecule has 0 spiro atoms. The van der Waals surface area contributed by atoms with Gasteiger partial charge in [-0.3, -0.25) is 14.9 Å². The van der Waals surface area contributed by atoms with E-state index in [-0.39, 0.29) is 22.0 Å². The number of phenols is 1. The molecule has 1 fully saturated rings. The van der Waals surface area contributed by atoms with Gasteiger partial charge in [0.2, 0.25) is 0 Å². The van der Waals surface area contributed by atoms with Gasteiger partial charge in [-0.25, -0.2) is 0 Å². The van der Waals surface area contributed by atoms with E-state index in [9.17, 15) is 14.7 Å². The van der Waals surface area contributed by atoms with Crippen LogP contribution < -0.4 is 5.32 Å². The number of hydrogen-bond acceptors (Lipinski definition) is 4. The first-order valence-corrected chi connectivity index (χ1v) is 8.76. The number of benzene rings is 1. The van der Waals surface area contributed by atoms with Crippen LogP contribution >= 0.6 is 11.8 Å². The van der Waals surface area contributed by atoms with Crippen molar-refractivity contribution in [2.45, 2.75) is 59.3 Å². The van der Waals surface area contributed by atoms with Gasteiger partial charge in [0.15, 0.2) is 0 Å². The summed E-state index contributed by atoms with van der Waals surface area (Å²) >= 11 is 0.925. The van der Waals surface area contributed by atoms with Gasteiger partial charge in [-0.05, 0) is 52.8 Å². The Kier molecular flexibility index (Phi) is 4.61. The molecule has 24 heavy (non-hydrogen) atoms. The van der Waals surface area contributed by atoms with Crippen molar-refractivity contribution >= 4 is 28.5 Å². The molecule has 1 saturated heterocycles. The van der Waals surface area contributed by atoms with E-state index in [0.29, 0.717) is 10.7 Å². The fourth-order valence-corrected chi connectivity index (χ4v) is 3.43. The smallest absolute Gasteiger partial charge is 0.290 e. The number of phenolic OH excluding ortho intramolecular Hbond substituents is 1. The number of amides is 2. The number of allylic oxidation sites excluding steroid dienone is 1. The zero-order valence-corrected chi connectivity index (χ0v) is 16.1. The van der Waals surface area contributed by atoms with Crippen molar-refractivity contribution in [1.82, 2.24) is 5.32 Å². The number of carbonyl (C=O) groups is 2. The number of hydrogen-bond donors (Lipinski definition) is 2. The van der Waals surface area contributed by atoms with E-state index < -0.39 is 0 Å². The van der Waals surface area contributed by atoms with Gasteiger partial charge >= 0.3 is 0 Å². The van der Waals surface area contributed by atoms with Gasteiger partial charge in [-0.15, -0.1) is 0 Å². The van der Waals surface area contributed by atoms with Crippen molar-refractivity contribution in [1.29, 1.82) is 0 Å². The molecule has 0 aliphatic carbocycles. The van der Waals surface area contributed by atoms with Crippen LogP contribution in [0.15, 0.2) is 17.0 Å². The molecule has 0 atom stereocenters. The Morgan fingerprint density at radius 3 is 1.79 bits per heavy atom. The zero-order chi connectivity index (χ0) is 18.4. The predicted octanol–water partition coefficient (Wildman–Crippen LogP) is 4.70. The maximum absolute atomic E-state index is 12.0. The average Bonchev–Trinajstić information content (AvgIpc) is 2.74. The Balaban J connectivity index is 2.74. The zero-order valence-electron chi connectivity index (χ0n) is 15.3. The highest BCUT2D eigenvalue weighted by molar-refractivity contribution is 8.18. The third-order valence-electron chi connectivity index (χ3n) is 4.12. The van der Waals surface area contributed by atoms with Gasteiger partial charge in [0.25, 0.3) is 11.1 Å². The first-order chi connectivity index (χ1) is 10.8. The Bertz CT molecular complexity index is 714. The minimum Gasteiger partial charge on any atom is -0.507 e. The Hall–Kier alpha value is -1.75. The molecule has 1 aromatic carbocycles. The molecule has 0 bridgehead atoms. The van der Waals surface area contributed by atoms with Crippen molar-refractivity contribution in [3.05, 3.63) is 33.7 Å². The van der Waals surface area contributed by atoms with Crippen LogP contribution in [0, 0.1) is 0 Å². The normalized spacial score (nSPS) is 18.0. The van der Waals surface area contributed by atoms with Crippen molar-refractivity contribution in [3.63, 3.8) is 0 Å². The Morgan fingerprint density at radius 2 is 1.46 bits per heavy atom. The van der Waals surface area contributed by atoms with Gasteiger partial charge in [-0.1, -0.05) is 41.5 Å². The molecule has 0 saturated carbocycles. The Morgan fingerprint density at radius 1 is 1.00 bits per heavy atom. The highest BCUT2D eigenvalue weighted by Crippen LogP contribution is 2.42. The Labute approximate surface area is 147 Å². The molecule has 2 rings (SSSR count). The van der Waals surface area contributed by atoms with Gasteiger partial charge < -0.3 is 5.11 Å². The first-order valence-electron chi connectivity index (χ1n) is 7.94. The molecule has 4 nitrogen and oxygen atoms in total. The number of thioether (sulfide) groups is 1. The van der Waals surface area contributed by atoms with Gasteiger partial charge in [0, 0.05) is 11.1 Å². The molecule has 1 aliphatic rings. The molecule has 1 aromatic rings. The molecule has 2 N–H and O–H groups in total. The second kappa shape index (κ2) is 5.96. The lowest BCUT2D eigenvalue weighted by atomic mass is 9.78. The monoisotopic (exact) mass is 347 g/mol. The van der Waals surface area contributed by atoms with E-state index in [1.807, 2.05) is 60.6 Å². The minimum atomic E-state index is -0.356. The fraction of sp³-hybridized carbons (Fsp3) is 0.474. The third-order valence-corrected chi connectivity index (χ3v) is 5.10. The van der Waals surface area contributed by atoms with Crippen LogP contribution in [0.2, 0.25) is 0 Å². The van der Waals surface area contributed by atoms with E-state index in [4.69, 9.17) is 0 Å². The van der Waals surface area contributed by atoms with Crippen molar-refractivity contribution < 1.29 is 14.7 Å². The third kappa shape index (κ3) is 3.51. The SMILES string of the molecule is C/C(=C1/SC(=O)NC1=O)c1cc(C(C)(C)C)c(O)c(C(C)(C)C)c1. The summed E-state index contributed by atoms with van der Waals surface area (Å²) in [6.07, 6.45) is 0.